The van der Waals surface area contributed by atoms with Crippen molar-refractivity contribution in [1.29, 1.82) is 0 Å². The monoisotopic (exact) mass is 756 g/mol. The second-order valence-electron chi connectivity index (χ2n) is 14.9. The zero-order valence-electron chi connectivity index (χ0n) is 31.1. The zero-order valence-corrected chi connectivity index (χ0v) is 32.9. The van der Waals surface area contributed by atoms with E-state index in [4.69, 9.17) is 24.2 Å². The number of thiazole rings is 1. The maximum absolute atomic E-state index is 14.1. The van der Waals surface area contributed by atoms with Crippen LogP contribution >= 0.6 is 11.3 Å². The number of carbonyl (C=O) groups is 3. The third-order valence-electron chi connectivity index (χ3n) is 10.4. The van der Waals surface area contributed by atoms with Crippen molar-refractivity contribution >= 4 is 49.7 Å². The van der Waals surface area contributed by atoms with Gasteiger partial charge < -0.3 is 24.1 Å². The molecule has 12 nitrogen and oxygen atoms in total. The van der Waals surface area contributed by atoms with Crippen LogP contribution in [0.2, 0.25) is 5.54 Å². The average Bonchev–Trinajstić information content (AvgIpc) is 3.89. The second-order valence-corrected chi connectivity index (χ2v) is 17.1. The Morgan fingerprint density at radius 3 is 2.85 bits per heavy atom. The van der Waals surface area contributed by atoms with Crippen molar-refractivity contribution in [1.82, 2.24) is 30.0 Å². The molecule has 7 rings (SSSR count). The van der Waals surface area contributed by atoms with Gasteiger partial charge in [0.1, 0.15) is 12.1 Å². The van der Waals surface area contributed by atoms with Gasteiger partial charge in [0.2, 0.25) is 5.91 Å². The number of fused-ring (bicyclic) bond motifs is 7. The van der Waals surface area contributed by atoms with Crippen LogP contribution in [0.15, 0.2) is 41.9 Å². The predicted molar refractivity (Wildman–Crippen MR) is 204 cm³/mol. The molecule has 53 heavy (non-hydrogen) atoms. The van der Waals surface area contributed by atoms with Crippen LogP contribution in [0.4, 0.5) is 0 Å². The van der Waals surface area contributed by atoms with Crippen molar-refractivity contribution < 1.29 is 28.6 Å². The molecule has 0 spiro atoms. The van der Waals surface area contributed by atoms with Crippen LogP contribution in [-0.4, -0.2) is 86.0 Å². The molecule has 4 aromatic rings. The van der Waals surface area contributed by atoms with E-state index >= 15 is 0 Å². The number of cyclic esters (lactones) is 1. The van der Waals surface area contributed by atoms with Crippen molar-refractivity contribution in [3.05, 3.63) is 58.2 Å². The molecule has 2 N–H and O–H groups in total. The maximum atomic E-state index is 14.1. The van der Waals surface area contributed by atoms with Crippen LogP contribution in [-0.2, 0) is 48.0 Å². The lowest BCUT2D eigenvalue weighted by atomic mass is 9.84. The van der Waals surface area contributed by atoms with E-state index in [-0.39, 0.29) is 52.1 Å². The molecule has 2 amide bonds. The van der Waals surface area contributed by atoms with Crippen LogP contribution in [0.25, 0.3) is 33.4 Å². The van der Waals surface area contributed by atoms with Crippen LogP contribution in [0.3, 0.4) is 0 Å². The molecule has 3 aromatic heterocycles. The van der Waals surface area contributed by atoms with E-state index in [0.29, 0.717) is 38.8 Å². The molecule has 2 saturated heterocycles. The van der Waals surface area contributed by atoms with E-state index in [1.807, 2.05) is 18.4 Å². The molecule has 6 bridgehead atoms. The van der Waals surface area contributed by atoms with E-state index in [9.17, 15) is 14.4 Å². The quantitative estimate of drug-likeness (QED) is 0.195. The second kappa shape index (κ2) is 15.8. The van der Waals surface area contributed by atoms with Gasteiger partial charge in [0.15, 0.2) is 9.68 Å². The first-order valence-electron chi connectivity index (χ1n) is 18.6. The van der Waals surface area contributed by atoms with Crippen molar-refractivity contribution in [2.45, 2.75) is 96.6 Å². The Morgan fingerprint density at radius 1 is 1.23 bits per heavy atom. The average molecular weight is 757 g/mol. The first kappa shape index (κ1) is 37.4. The number of benzene rings is 1. The number of hydrogen-bond acceptors (Lipinski definition) is 10. The summed E-state index contributed by atoms with van der Waals surface area (Å²) < 4.78 is 19.9. The summed E-state index contributed by atoms with van der Waals surface area (Å²) >= 11 is 1.48. The highest BCUT2D eigenvalue weighted by molar-refractivity contribution is 7.10. The van der Waals surface area contributed by atoms with E-state index in [1.165, 1.54) is 11.3 Å². The highest BCUT2D eigenvalue weighted by Crippen LogP contribution is 2.42. The van der Waals surface area contributed by atoms with Gasteiger partial charge in [-0.3, -0.25) is 29.5 Å². The van der Waals surface area contributed by atoms with Crippen molar-refractivity contribution in [2.75, 3.05) is 26.9 Å². The number of hydrazine groups is 1. The number of nitrogens with zero attached hydrogens (tertiary/aromatic N) is 4. The van der Waals surface area contributed by atoms with Gasteiger partial charge in [0, 0.05) is 72.2 Å². The Balaban J connectivity index is 1.34. The number of carbonyl (C=O) groups excluding carboxylic acids is 3. The molecule has 3 aliphatic rings. The molecule has 0 saturated carbocycles. The Morgan fingerprint density at radius 2 is 2.08 bits per heavy atom. The van der Waals surface area contributed by atoms with Gasteiger partial charge in [-0.05, 0) is 75.8 Å². The fraction of sp³-hybridized carbons (Fsp3) is 0.513. The third kappa shape index (κ3) is 7.83. The molecular weight excluding hydrogens is 709 g/mol. The largest absolute Gasteiger partial charge is 0.465 e. The van der Waals surface area contributed by atoms with Crippen molar-refractivity contribution in [3.63, 3.8) is 0 Å². The van der Waals surface area contributed by atoms with Gasteiger partial charge in [0.05, 0.1) is 40.3 Å². The predicted octanol–water partition coefficient (Wildman–Crippen LogP) is 5.42. The number of pyridine rings is 1. The smallest absolute Gasteiger partial charge is 0.307 e. The minimum atomic E-state index is -0.854. The highest BCUT2D eigenvalue weighted by Gasteiger charge is 2.35. The number of aryl methyl sites for hydroxylation is 1. The van der Waals surface area contributed by atoms with E-state index < -0.39 is 17.6 Å². The van der Waals surface area contributed by atoms with Crippen LogP contribution in [0.1, 0.15) is 75.7 Å². The summed E-state index contributed by atoms with van der Waals surface area (Å²) in [4.78, 5) is 50.8. The fourth-order valence-corrected chi connectivity index (χ4v) is 9.51. The molecule has 6 heterocycles. The molecule has 3 aliphatic heterocycles. The molecule has 2 fully saturated rings. The summed E-state index contributed by atoms with van der Waals surface area (Å²) in [5.41, 5.74) is 6.13. The van der Waals surface area contributed by atoms with Gasteiger partial charge in [-0.2, -0.15) is 0 Å². The van der Waals surface area contributed by atoms with Crippen LogP contribution in [0, 0.1) is 5.41 Å². The topological polar surface area (TPSA) is 137 Å². The lowest BCUT2D eigenvalue weighted by Gasteiger charge is -2.28. The molecule has 4 atom stereocenters. The first-order valence-corrected chi connectivity index (χ1v) is 20.5. The zero-order chi connectivity index (χ0) is 37.3. The van der Waals surface area contributed by atoms with Crippen molar-refractivity contribution in [3.8, 4) is 22.5 Å². The van der Waals surface area contributed by atoms with Gasteiger partial charge in [0.25, 0.3) is 5.91 Å². The summed E-state index contributed by atoms with van der Waals surface area (Å²) in [6.07, 6.45) is 4.52. The minimum absolute atomic E-state index is 0.0471. The summed E-state index contributed by atoms with van der Waals surface area (Å²) in [5, 5.41) is 11.6. The molecule has 1 aromatic carbocycles. The highest BCUT2D eigenvalue weighted by atomic mass is 32.1. The van der Waals surface area contributed by atoms with Crippen LogP contribution < -0.4 is 10.4 Å². The SMILES string of the molecule is CCn1c(-c2cccnc2[C@H](C)OC)c2c3cc(ccc31)-c1csc(n1)C[C@H](NC(=O)[C@@H]1CCCO1)C(=O)N1CCC[C@H]([Si]N1)C(=O)OCC(C)(C)C2. The number of esters is 1. The molecule has 2 radical (unpaired) electrons. The number of ether oxygens (including phenoxy) is 3. The number of rotatable bonds is 6. The summed E-state index contributed by atoms with van der Waals surface area (Å²) in [6, 6.07) is 9.68. The van der Waals surface area contributed by atoms with Gasteiger partial charge in [-0.1, -0.05) is 19.9 Å². The Bertz CT molecular complexity index is 1990. The molecule has 0 aliphatic carbocycles. The first-order chi connectivity index (χ1) is 25.6. The summed E-state index contributed by atoms with van der Waals surface area (Å²) in [7, 11) is 1.65. The number of hydrogen-bond donors (Lipinski definition) is 2. The Hall–Kier alpha value is -3.95. The van der Waals surface area contributed by atoms with E-state index in [2.05, 4.69) is 60.0 Å². The van der Waals surface area contributed by atoms with Crippen molar-refractivity contribution in [2.24, 2.45) is 5.41 Å². The molecule has 0 unspecified atom stereocenters. The molecule has 14 heteroatoms. The summed E-state index contributed by atoms with van der Waals surface area (Å²) in [5.74, 6) is -0.815. The maximum Gasteiger partial charge on any atom is 0.307 e. The molecular formula is C39H48N6O6SSi. The summed E-state index contributed by atoms with van der Waals surface area (Å²) in [6.45, 7) is 10.3. The van der Waals surface area contributed by atoms with Crippen LogP contribution in [0.5, 0.6) is 0 Å². The Kier molecular flexibility index (Phi) is 11.1. The number of aromatic nitrogens is 3. The number of nitrogens with one attached hydrogen (secondary N) is 2. The number of amides is 2. The lowest BCUT2D eigenvalue weighted by molar-refractivity contribution is -0.146. The van der Waals surface area contributed by atoms with Gasteiger partial charge in [-0.25, -0.2) is 4.98 Å². The minimum Gasteiger partial charge on any atom is -0.465 e. The van der Waals surface area contributed by atoms with Gasteiger partial charge in [-0.15, -0.1) is 11.3 Å². The normalized spacial score (nSPS) is 23.0. The number of methoxy groups -OCH3 is 1. The van der Waals surface area contributed by atoms with Gasteiger partial charge >= 0.3 is 5.97 Å². The fourth-order valence-electron chi connectivity index (χ4n) is 7.58. The standard InChI is InChI=1S/C39H48N6O6SSi/c1-6-44-30-14-13-24-18-26(30)27(35(44)25-10-7-15-40-34(25)23(2)49-5)20-39(3,4)22-51-38(48)32-12-8-16-45(43-53-32)37(47)28(19-33-41-29(24)21-52-33)42-36(46)31-11-9-17-50-31/h7,10,13-15,18,21,23,28,31-32,43H,6,8-9,11-12,16-17,19-20,22H2,1-5H3,(H,42,46)/t23-,28-,31-,32-/m0/s1. The molecule has 280 valence electrons. The van der Waals surface area contributed by atoms with E-state index in [0.717, 1.165) is 62.6 Å². The lowest BCUT2D eigenvalue weighted by Crippen LogP contribution is -2.56. The Labute approximate surface area is 316 Å². The third-order valence-corrected chi connectivity index (χ3v) is 12.6. The van der Waals surface area contributed by atoms with E-state index in [1.54, 1.807) is 18.3 Å².